The lowest BCUT2D eigenvalue weighted by Gasteiger charge is -2.19. The minimum atomic E-state index is -0.0575. The van der Waals surface area contributed by atoms with Crippen LogP contribution in [-0.2, 0) is 12.0 Å². The molecule has 0 radical (unpaired) electrons. The number of nitrogen functional groups attached to an aromatic ring is 1. The molecule has 1 aromatic heterocycles. The Morgan fingerprint density at radius 2 is 1.95 bits per heavy atom. The van der Waals surface area contributed by atoms with E-state index in [2.05, 4.69) is 51.0 Å². The minimum absolute atomic E-state index is 0.0575. The number of hydrogen-bond acceptors (Lipinski definition) is 2. The lowest BCUT2D eigenvalue weighted by atomic mass is 9.95. The van der Waals surface area contributed by atoms with Crippen LogP contribution in [0.15, 0.2) is 36.9 Å². The van der Waals surface area contributed by atoms with Gasteiger partial charge in [-0.3, -0.25) is 0 Å². The third-order valence-electron chi connectivity index (χ3n) is 3.39. The maximum absolute atomic E-state index is 6.34. The first kappa shape index (κ1) is 14.4. The van der Waals surface area contributed by atoms with Gasteiger partial charge in [0, 0.05) is 17.5 Å². The summed E-state index contributed by atoms with van der Waals surface area (Å²) in [6.45, 7) is 13.0. The van der Waals surface area contributed by atoms with Gasteiger partial charge >= 0.3 is 0 Å². The van der Waals surface area contributed by atoms with E-state index in [1.807, 2.05) is 18.2 Å². The molecule has 20 heavy (non-hydrogen) atoms. The van der Waals surface area contributed by atoms with E-state index in [1.54, 1.807) is 0 Å². The summed E-state index contributed by atoms with van der Waals surface area (Å²) in [5.41, 5.74) is 9.43. The fourth-order valence-electron chi connectivity index (χ4n) is 2.39. The van der Waals surface area contributed by atoms with Crippen LogP contribution in [0.5, 0.6) is 0 Å². The van der Waals surface area contributed by atoms with Crippen molar-refractivity contribution in [3.8, 4) is 11.3 Å². The summed E-state index contributed by atoms with van der Waals surface area (Å²) >= 11 is 0. The number of aromatic nitrogens is 2. The van der Waals surface area contributed by atoms with Crippen LogP contribution in [0.3, 0.4) is 0 Å². The van der Waals surface area contributed by atoms with Crippen molar-refractivity contribution >= 4 is 5.82 Å². The average Bonchev–Trinajstić information content (AvgIpc) is 2.68. The zero-order valence-corrected chi connectivity index (χ0v) is 12.8. The fraction of sp³-hybridized carbons (Fsp3) is 0.353. The van der Waals surface area contributed by atoms with Crippen LogP contribution in [0.25, 0.3) is 11.3 Å². The summed E-state index contributed by atoms with van der Waals surface area (Å²) in [6, 6.07) is 8.20. The van der Waals surface area contributed by atoms with Crippen LogP contribution in [-0.4, -0.2) is 9.55 Å². The van der Waals surface area contributed by atoms with Crippen LogP contribution >= 0.6 is 0 Å². The van der Waals surface area contributed by atoms with Crippen molar-refractivity contribution in [1.29, 1.82) is 0 Å². The third-order valence-corrected chi connectivity index (χ3v) is 3.39. The predicted octanol–water partition coefficient (Wildman–Crippen LogP) is 3.92. The van der Waals surface area contributed by atoms with Crippen molar-refractivity contribution in [1.82, 2.24) is 9.55 Å². The highest BCUT2D eigenvalue weighted by Crippen LogP contribution is 2.33. The Labute approximate surface area is 121 Å². The van der Waals surface area contributed by atoms with Gasteiger partial charge in [-0.25, -0.2) is 4.98 Å². The molecule has 2 rings (SSSR count). The van der Waals surface area contributed by atoms with E-state index in [-0.39, 0.29) is 5.41 Å². The van der Waals surface area contributed by atoms with Gasteiger partial charge in [-0.1, -0.05) is 51.1 Å². The molecule has 0 unspecified atom stereocenters. The Kier molecular flexibility index (Phi) is 3.71. The van der Waals surface area contributed by atoms with E-state index < -0.39 is 0 Å². The molecule has 0 atom stereocenters. The zero-order chi connectivity index (χ0) is 14.9. The number of nitrogens with zero attached hydrogens (tertiary/aromatic N) is 2. The van der Waals surface area contributed by atoms with Gasteiger partial charge in [-0.2, -0.15) is 0 Å². The molecule has 2 N–H and O–H groups in total. The molecule has 0 aliphatic heterocycles. The molecule has 0 spiro atoms. The van der Waals surface area contributed by atoms with Gasteiger partial charge in [-0.15, -0.1) is 6.58 Å². The molecule has 0 amide bonds. The number of hydrogen-bond donors (Lipinski definition) is 1. The van der Waals surface area contributed by atoms with Crippen LogP contribution in [0.2, 0.25) is 0 Å². The van der Waals surface area contributed by atoms with Crippen LogP contribution in [0.1, 0.15) is 32.2 Å². The molecule has 0 bridgehead atoms. The number of anilines is 1. The molecular formula is C17H23N3. The molecule has 0 aliphatic rings. The van der Waals surface area contributed by atoms with Crippen LogP contribution < -0.4 is 5.73 Å². The number of aryl methyl sites for hydroxylation is 1. The van der Waals surface area contributed by atoms with E-state index >= 15 is 0 Å². The van der Waals surface area contributed by atoms with Crippen molar-refractivity contribution in [3.05, 3.63) is 48.3 Å². The molecule has 0 aliphatic carbocycles. The summed E-state index contributed by atoms with van der Waals surface area (Å²) in [5, 5.41) is 0. The largest absolute Gasteiger partial charge is 0.383 e. The van der Waals surface area contributed by atoms with Gasteiger partial charge in [-0.05, 0) is 12.5 Å². The summed E-state index contributed by atoms with van der Waals surface area (Å²) in [5.74, 6) is 1.71. The molecule has 0 saturated heterocycles. The van der Waals surface area contributed by atoms with Crippen molar-refractivity contribution < 1.29 is 0 Å². The highest BCUT2D eigenvalue weighted by atomic mass is 15.1. The van der Waals surface area contributed by atoms with Gasteiger partial charge in [0.2, 0.25) is 0 Å². The summed E-state index contributed by atoms with van der Waals surface area (Å²) < 4.78 is 2.05. The summed E-state index contributed by atoms with van der Waals surface area (Å²) in [4.78, 5) is 4.82. The topological polar surface area (TPSA) is 43.8 Å². The Hall–Kier alpha value is -2.03. The van der Waals surface area contributed by atoms with E-state index in [9.17, 15) is 0 Å². The van der Waals surface area contributed by atoms with Crippen molar-refractivity contribution in [2.45, 2.75) is 39.7 Å². The van der Waals surface area contributed by atoms with Crippen molar-refractivity contribution in [2.75, 3.05) is 5.73 Å². The number of nitrogens with two attached hydrogens (primary N) is 1. The average molecular weight is 269 g/mol. The molecule has 106 valence electrons. The second-order valence-electron chi connectivity index (χ2n) is 6.13. The first-order valence-corrected chi connectivity index (χ1v) is 6.89. The van der Waals surface area contributed by atoms with Crippen LogP contribution in [0.4, 0.5) is 5.82 Å². The monoisotopic (exact) mass is 269 g/mol. The van der Waals surface area contributed by atoms with Gasteiger partial charge in [0.15, 0.2) is 0 Å². The van der Waals surface area contributed by atoms with E-state index in [0.29, 0.717) is 12.4 Å². The first-order valence-electron chi connectivity index (χ1n) is 6.89. The highest BCUT2D eigenvalue weighted by Gasteiger charge is 2.25. The lowest BCUT2D eigenvalue weighted by Crippen LogP contribution is -2.19. The zero-order valence-electron chi connectivity index (χ0n) is 12.8. The summed E-state index contributed by atoms with van der Waals surface area (Å²) in [6.07, 6.45) is 1.86. The highest BCUT2D eigenvalue weighted by molar-refractivity contribution is 5.73. The molecular weight excluding hydrogens is 246 g/mol. The normalized spacial score (nSPS) is 11.6. The quantitative estimate of drug-likeness (QED) is 0.858. The second-order valence-corrected chi connectivity index (χ2v) is 6.13. The molecule has 0 saturated carbocycles. The van der Waals surface area contributed by atoms with E-state index in [0.717, 1.165) is 17.1 Å². The molecule has 2 aromatic rings. The molecule has 0 fully saturated rings. The van der Waals surface area contributed by atoms with Gasteiger partial charge in [0.1, 0.15) is 17.3 Å². The Balaban J connectivity index is 2.68. The number of allylic oxidation sites excluding steroid dienone is 1. The van der Waals surface area contributed by atoms with E-state index in [4.69, 9.17) is 10.7 Å². The van der Waals surface area contributed by atoms with Crippen LogP contribution in [0, 0.1) is 6.92 Å². The maximum Gasteiger partial charge on any atom is 0.132 e. The van der Waals surface area contributed by atoms with Crippen molar-refractivity contribution in [2.24, 2.45) is 0 Å². The number of imidazole rings is 1. The minimum Gasteiger partial charge on any atom is -0.383 e. The molecule has 1 aromatic carbocycles. The number of rotatable bonds is 3. The third kappa shape index (κ3) is 2.48. The van der Waals surface area contributed by atoms with Gasteiger partial charge in [0.25, 0.3) is 0 Å². The summed E-state index contributed by atoms with van der Waals surface area (Å²) in [7, 11) is 0. The molecule has 1 heterocycles. The fourth-order valence-corrected chi connectivity index (χ4v) is 2.39. The Bertz CT molecular complexity index is 630. The first-order chi connectivity index (χ1) is 9.36. The number of benzene rings is 1. The molecule has 3 nitrogen and oxygen atoms in total. The van der Waals surface area contributed by atoms with Crippen molar-refractivity contribution in [3.63, 3.8) is 0 Å². The standard InChI is InChI=1S/C17H23N3/c1-6-11-20-15(18)14(19-16(20)17(3,4)5)13-10-8-7-9-12(13)2/h6-10H,1,11,18H2,2-5H3. The Morgan fingerprint density at radius 1 is 1.30 bits per heavy atom. The predicted molar refractivity (Wildman–Crippen MR) is 85.7 cm³/mol. The van der Waals surface area contributed by atoms with Gasteiger partial charge in [0.05, 0.1) is 0 Å². The Morgan fingerprint density at radius 3 is 2.50 bits per heavy atom. The molecule has 3 heteroatoms. The smallest absolute Gasteiger partial charge is 0.132 e. The maximum atomic E-state index is 6.34. The second kappa shape index (κ2) is 5.16. The lowest BCUT2D eigenvalue weighted by molar-refractivity contribution is 0.515. The van der Waals surface area contributed by atoms with E-state index in [1.165, 1.54) is 5.56 Å². The van der Waals surface area contributed by atoms with Gasteiger partial charge < -0.3 is 10.3 Å². The SMILES string of the molecule is C=CCn1c(C(C)(C)C)nc(-c2ccccc2C)c1N.